The Morgan fingerprint density at radius 1 is 1.44 bits per heavy atom. The van der Waals surface area contributed by atoms with Crippen LogP contribution in [0.5, 0.6) is 0 Å². The van der Waals surface area contributed by atoms with E-state index in [0.717, 1.165) is 12.8 Å². The van der Waals surface area contributed by atoms with Crippen LogP contribution in [0.2, 0.25) is 0 Å². The molecule has 0 radical (unpaired) electrons. The lowest BCUT2D eigenvalue weighted by molar-refractivity contribution is -0.144. The fraction of sp³-hybridized carbons (Fsp3) is 0.929. The fourth-order valence-corrected chi connectivity index (χ4v) is 2.53. The minimum absolute atomic E-state index is 0.379. The van der Waals surface area contributed by atoms with E-state index in [1.165, 1.54) is 19.3 Å². The summed E-state index contributed by atoms with van der Waals surface area (Å²) in [5.74, 6) is -0.148. The lowest BCUT2D eigenvalue weighted by atomic mass is 9.88. The molecule has 1 rings (SSSR count). The van der Waals surface area contributed by atoms with Gasteiger partial charge in [-0.25, -0.2) is 0 Å². The molecule has 1 aliphatic carbocycles. The van der Waals surface area contributed by atoms with Gasteiger partial charge >= 0.3 is 5.97 Å². The number of carboxylic acid groups (broad SMARTS) is 1. The Kier molecular flexibility index (Phi) is 6.09. The van der Waals surface area contributed by atoms with Crippen LogP contribution < -0.4 is 5.32 Å². The van der Waals surface area contributed by atoms with Crippen LogP contribution in [0.25, 0.3) is 0 Å². The SMILES string of the molecule is CNC(C)(CCCOC1CCCCC1C)C(=O)O. The standard InChI is InChI=1S/C14H27NO3/c1-11-7-4-5-8-12(11)18-10-6-9-14(2,15-3)13(16)17/h11-12,15H,4-10H2,1-3H3,(H,16,17). The quantitative estimate of drug-likeness (QED) is 0.688. The number of ether oxygens (including phenoxy) is 1. The van der Waals surface area contributed by atoms with Crippen LogP contribution in [0.15, 0.2) is 0 Å². The molecule has 3 unspecified atom stereocenters. The second-order valence-corrected chi connectivity index (χ2v) is 5.66. The maximum Gasteiger partial charge on any atom is 0.323 e. The van der Waals surface area contributed by atoms with E-state index in [2.05, 4.69) is 12.2 Å². The molecule has 0 heterocycles. The van der Waals surface area contributed by atoms with Crippen LogP contribution in [0.4, 0.5) is 0 Å². The second kappa shape index (κ2) is 7.10. The van der Waals surface area contributed by atoms with Gasteiger partial charge in [0.15, 0.2) is 0 Å². The summed E-state index contributed by atoms with van der Waals surface area (Å²) >= 11 is 0. The van der Waals surface area contributed by atoms with Crippen molar-refractivity contribution in [2.45, 2.75) is 64.0 Å². The van der Waals surface area contributed by atoms with Gasteiger partial charge in [-0.1, -0.05) is 19.8 Å². The molecule has 106 valence electrons. The molecule has 0 saturated heterocycles. The molecule has 0 aliphatic heterocycles. The number of aliphatic carboxylic acids is 1. The molecular weight excluding hydrogens is 230 g/mol. The minimum atomic E-state index is -0.832. The summed E-state index contributed by atoms with van der Waals surface area (Å²) in [6.07, 6.45) is 6.75. The van der Waals surface area contributed by atoms with Gasteiger partial charge in [0.2, 0.25) is 0 Å². The maximum atomic E-state index is 11.1. The van der Waals surface area contributed by atoms with Crippen LogP contribution in [0, 0.1) is 5.92 Å². The minimum Gasteiger partial charge on any atom is -0.480 e. The number of rotatable bonds is 7. The Morgan fingerprint density at radius 3 is 2.67 bits per heavy atom. The molecular formula is C14H27NO3. The third-order valence-electron chi connectivity index (χ3n) is 4.21. The Morgan fingerprint density at radius 2 is 2.11 bits per heavy atom. The van der Waals surface area contributed by atoms with Gasteiger partial charge in [0.1, 0.15) is 5.54 Å². The van der Waals surface area contributed by atoms with E-state index in [-0.39, 0.29) is 0 Å². The predicted molar refractivity (Wildman–Crippen MR) is 71.7 cm³/mol. The highest BCUT2D eigenvalue weighted by molar-refractivity contribution is 5.78. The van der Waals surface area contributed by atoms with Crippen LogP contribution in [-0.4, -0.2) is 36.4 Å². The normalized spacial score (nSPS) is 27.7. The van der Waals surface area contributed by atoms with Crippen LogP contribution in [0.1, 0.15) is 52.4 Å². The molecule has 4 heteroatoms. The maximum absolute atomic E-state index is 11.1. The average Bonchev–Trinajstić information content (AvgIpc) is 2.36. The van der Waals surface area contributed by atoms with Crippen LogP contribution in [-0.2, 0) is 9.53 Å². The second-order valence-electron chi connectivity index (χ2n) is 5.66. The van der Waals surface area contributed by atoms with Crippen molar-refractivity contribution in [3.8, 4) is 0 Å². The molecule has 0 aromatic carbocycles. The monoisotopic (exact) mass is 257 g/mol. The molecule has 2 N–H and O–H groups in total. The van der Waals surface area contributed by atoms with E-state index in [1.54, 1.807) is 14.0 Å². The first-order valence-corrected chi connectivity index (χ1v) is 7.03. The van der Waals surface area contributed by atoms with Gasteiger partial charge in [-0.3, -0.25) is 4.79 Å². The molecule has 4 nitrogen and oxygen atoms in total. The first-order chi connectivity index (χ1) is 8.49. The molecule has 0 spiro atoms. The lowest BCUT2D eigenvalue weighted by Crippen LogP contribution is -2.47. The third kappa shape index (κ3) is 4.25. The average molecular weight is 257 g/mol. The van der Waals surface area contributed by atoms with Crippen molar-refractivity contribution in [1.82, 2.24) is 5.32 Å². The Labute approximate surface area is 110 Å². The Hall–Kier alpha value is -0.610. The zero-order chi connectivity index (χ0) is 13.6. The van der Waals surface area contributed by atoms with Gasteiger partial charge in [-0.05, 0) is 45.6 Å². The van der Waals surface area contributed by atoms with Gasteiger partial charge in [0.05, 0.1) is 6.10 Å². The van der Waals surface area contributed by atoms with E-state index in [0.29, 0.717) is 25.0 Å². The van der Waals surface area contributed by atoms with Crippen molar-refractivity contribution in [2.75, 3.05) is 13.7 Å². The number of carbonyl (C=O) groups is 1. The van der Waals surface area contributed by atoms with E-state index in [1.807, 2.05) is 0 Å². The van der Waals surface area contributed by atoms with Crippen molar-refractivity contribution in [2.24, 2.45) is 5.92 Å². The number of nitrogens with one attached hydrogen (secondary N) is 1. The summed E-state index contributed by atoms with van der Waals surface area (Å²) < 4.78 is 5.89. The highest BCUT2D eigenvalue weighted by Crippen LogP contribution is 2.26. The molecule has 0 bridgehead atoms. The molecule has 0 aromatic rings. The molecule has 1 aliphatic rings. The smallest absolute Gasteiger partial charge is 0.323 e. The summed E-state index contributed by atoms with van der Waals surface area (Å²) in [6.45, 7) is 4.64. The predicted octanol–water partition coefficient (Wildman–Crippen LogP) is 2.42. The topological polar surface area (TPSA) is 58.6 Å². The van der Waals surface area contributed by atoms with Crippen LogP contribution in [0.3, 0.4) is 0 Å². The third-order valence-corrected chi connectivity index (χ3v) is 4.21. The zero-order valence-electron chi connectivity index (χ0n) is 11.9. The summed E-state index contributed by atoms with van der Waals surface area (Å²) in [4.78, 5) is 11.1. The van der Waals surface area contributed by atoms with Crippen molar-refractivity contribution < 1.29 is 14.6 Å². The van der Waals surface area contributed by atoms with Crippen LogP contribution >= 0.6 is 0 Å². The van der Waals surface area contributed by atoms with Crippen molar-refractivity contribution in [3.05, 3.63) is 0 Å². The van der Waals surface area contributed by atoms with Crippen molar-refractivity contribution in [1.29, 1.82) is 0 Å². The van der Waals surface area contributed by atoms with Crippen molar-refractivity contribution in [3.63, 3.8) is 0 Å². The molecule has 0 aromatic heterocycles. The number of likely N-dealkylation sites (N-methyl/N-ethyl adjacent to an activating group) is 1. The highest BCUT2D eigenvalue weighted by atomic mass is 16.5. The molecule has 0 amide bonds. The van der Waals surface area contributed by atoms with Gasteiger partial charge in [0.25, 0.3) is 0 Å². The Balaban J connectivity index is 2.23. The van der Waals surface area contributed by atoms with Gasteiger partial charge in [-0.2, -0.15) is 0 Å². The van der Waals surface area contributed by atoms with Gasteiger partial charge < -0.3 is 15.2 Å². The summed E-state index contributed by atoms with van der Waals surface area (Å²) in [5.41, 5.74) is -0.832. The summed E-state index contributed by atoms with van der Waals surface area (Å²) in [5, 5.41) is 12.0. The zero-order valence-corrected chi connectivity index (χ0v) is 11.9. The van der Waals surface area contributed by atoms with E-state index in [4.69, 9.17) is 9.84 Å². The largest absolute Gasteiger partial charge is 0.480 e. The van der Waals surface area contributed by atoms with E-state index < -0.39 is 11.5 Å². The molecule has 1 saturated carbocycles. The number of hydrogen-bond acceptors (Lipinski definition) is 3. The molecule has 1 fully saturated rings. The van der Waals surface area contributed by atoms with E-state index >= 15 is 0 Å². The lowest BCUT2D eigenvalue weighted by Gasteiger charge is -2.29. The first-order valence-electron chi connectivity index (χ1n) is 7.03. The van der Waals surface area contributed by atoms with Gasteiger partial charge in [0, 0.05) is 6.61 Å². The number of carboxylic acids is 1. The first kappa shape index (κ1) is 15.4. The Bertz CT molecular complexity index is 270. The van der Waals surface area contributed by atoms with Crippen molar-refractivity contribution >= 4 is 5.97 Å². The summed E-state index contributed by atoms with van der Waals surface area (Å²) in [7, 11) is 1.69. The fourth-order valence-electron chi connectivity index (χ4n) is 2.53. The van der Waals surface area contributed by atoms with E-state index in [9.17, 15) is 4.79 Å². The molecule has 3 atom stereocenters. The highest BCUT2D eigenvalue weighted by Gasteiger charge is 2.30. The van der Waals surface area contributed by atoms with Gasteiger partial charge in [-0.15, -0.1) is 0 Å². The number of hydrogen-bond donors (Lipinski definition) is 2. The molecule has 18 heavy (non-hydrogen) atoms. The summed E-state index contributed by atoms with van der Waals surface area (Å²) in [6, 6.07) is 0.